The number of rotatable bonds is 37. The lowest BCUT2D eigenvalue weighted by Gasteiger charge is -2.36. The number of hydrogen-bond acceptors (Lipinski definition) is 14. The Labute approximate surface area is 527 Å². The van der Waals surface area contributed by atoms with Gasteiger partial charge in [-0.25, -0.2) is 0 Å². The van der Waals surface area contributed by atoms with Gasteiger partial charge in [0.05, 0.1) is 24.2 Å². The average molecular weight is 1230 g/mol. The molecule has 88 heavy (non-hydrogen) atoms. The Kier molecular flexibility index (Phi) is 25.1. The summed E-state index contributed by atoms with van der Waals surface area (Å²) in [4.78, 5) is 61.5. The highest BCUT2D eigenvalue weighted by molar-refractivity contribution is 7.17. The number of aromatic nitrogens is 2. The van der Waals surface area contributed by atoms with Gasteiger partial charge in [-0.1, -0.05) is 102 Å². The number of fused-ring (bicyclic) bond motifs is 4. The fraction of sp³-hybridized carbons (Fsp3) is 0.500. The lowest BCUT2D eigenvalue weighted by atomic mass is 10.0. The van der Waals surface area contributed by atoms with Gasteiger partial charge in [0.1, 0.15) is 11.5 Å². The molecule has 0 bridgehead atoms. The Hall–Kier alpha value is -6.72. The van der Waals surface area contributed by atoms with E-state index in [2.05, 4.69) is 78.9 Å². The van der Waals surface area contributed by atoms with E-state index in [-0.39, 0.29) is 36.5 Å². The Morgan fingerprint density at radius 1 is 0.398 bits per heavy atom. The number of piperazine rings is 2. The van der Waals surface area contributed by atoms with Gasteiger partial charge < -0.3 is 28.7 Å². The van der Waals surface area contributed by atoms with E-state index in [0.29, 0.717) is 48.6 Å². The molecule has 4 aromatic heterocycles. The Morgan fingerprint density at radius 2 is 0.773 bits per heavy atom. The highest BCUT2D eigenvalue weighted by Gasteiger charge is 2.21. The van der Waals surface area contributed by atoms with Crippen molar-refractivity contribution in [1.29, 1.82) is 0 Å². The molecule has 0 amide bonds. The van der Waals surface area contributed by atoms with Crippen molar-refractivity contribution >= 4 is 88.0 Å². The first-order valence-electron chi connectivity index (χ1n) is 33.0. The van der Waals surface area contributed by atoms with Crippen LogP contribution in [-0.4, -0.2) is 110 Å². The topological polar surface area (TPSA) is 128 Å². The van der Waals surface area contributed by atoms with Crippen molar-refractivity contribution in [3.05, 3.63) is 141 Å². The molecular weight excluding hydrogens is 1140 g/mol. The molecule has 0 atom stereocenters. The highest BCUT2D eigenvalue weighted by Crippen LogP contribution is 2.33. The summed E-state index contributed by atoms with van der Waals surface area (Å²) in [6.07, 6.45) is 23.0. The van der Waals surface area contributed by atoms with E-state index in [0.717, 1.165) is 140 Å². The smallest absolute Gasteiger partial charge is 0.307 e. The number of anilines is 2. The van der Waals surface area contributed by atoms with Gasteiger partial charge in [-0.2, -0.15) is 0 Å². The molecule has 2 saturated heterocycles. The van der Waals surface area contributed by atoms with Crippen molar-refractivity contribution in [3.8, 4) is 11.5 Å². The van der Waals surface area contributed by atoms with Crippen LogP contribution < -0.4 is 30.4 Å². The molecule has 6 heterocycles. The maximum atomic E-state index is 12.9. The van der Waals surface area contributed by atoms with Crippen LogP contribution in [0.25, 0.3) is 42.0 Å². The largest absolute Gasteiger partial charge is 0.494 e. The van der Waals surface area contributed by atoms with Crippen molar-refractivity contribution in [2.45, 2.75) is 155 Å². The van der Waals surface area contributed by atoms with E-state index in [9.17, 15) is 19.2 Å². The number of thiophene rings is 2. The third-order valence-corrected chi connectivity index (χ3v) is 19.6. The number of carbonyl (C=O) groups is 2. The van der Waals surface area contributed by atoms with E-state index in [1.165, 1.54) is 117 Å². The highest BCUT2D eigenvalue weighted by atomic mass is 32.1. The van der Waals surface area contributed by atoms with E-state index < -0.39 is 0 Å². The molecule has 16 heteroatoms. The van der Waals surface area contributed by atoms with Crippen LogP contribution >= 0.6 is 22.7 Å². The van der Waals surface area contributed by atoms with Crippen LogP contribution in [0.4, 0.5) is 11.4 Å². The molecule has 2 aliphatic heterocycles. The molecular formula is C72H92N6O8S2. The quantitative estimate of drug-likeness (QED) is 0.0272. The number of hydrogen-bond donors (Lipinski definition) is 0. The molecule has 0 unspecified atom stereocenters. The van der Waals surface area contributed by atoms with E-state index in [1.807, 2.05) is 48.5 Å². The molecule has 0 spiro atoms. The van der Waals surface area contributed by atoms with Crippen molar-refractivity contribution in [2.24, 2.45) is 0 Å². The number of carbonyl (C=O) groups excluding carboxylic acids is 2. The van der Waals surface area contributed by atoms with Gasteiger partial charge in [0.25, 0.3) is 11.1 Å². The second-order valence-corrected chi connectivity index (χ2v) is 26.0. The Morgan fingerprint density at radius 3 is 1.17 bits per heavy atom. The van der Waals surface area contributed by atoms with Crippen LogP contribution in [0.3, 0.4) is 0 Å². The predicted molar refractivity (Wildman–Crippen MR) is 362 cm³/mol. The summed E-state index contributed by atoms with van der Waals surface area (Å²) in [5.74, 6) is 0.878. The van der Waals surface area contributed by atoms with Crippen LogP contribution in [0.2, 0.25) is 0 Å². The summed E-state index contributed by atoms with van der Waals surface area (Å²) in [6.45, 7) is 11.5. The number of nitrogens with zero attached hydrogens (tertiary/aromatic N) is 6. The number of benzene rings is 4. The van der Waals surface area contributed by atoms with Gasteiger partial charge in [0.15, 0.2) is 13.5 Å². The normalized spacial score (nSPS) is 14.2. The summed E-state index contributed by atoms with van der Waals surface area (Å²) in [6, 6.07) is 36.0. The second kappa shape index (κ2) is 34.3. The van der Waals surface area contributed by atoms with Crippen LogP contribution in [0, 0.1) is 0 Å². The van der Waals surface area contributed by atoms with Gasteiger partial charge in [-0.15, -0.1) is 22.7 Å². The lowest BCUT2D eigenvalue weighted by Crippen LogP contribution is -2.46. The molecule has 0 N–H and O–H groups in total. The summed E-state index contributed by atoms with van der Waals surface area (Å²) in [5.41, 5.74) is 3.70. The number of ether oxygens (including phenoxy) is 4. The minimum atomic E-state index is -0.272. The molecule has 8 aromatic rings. The van der Waals surface area contributed by atoms with Crippen molar-refractivity contribution in [2.75, 3.05) is 88.5 Å². The molecule has 0 radical (unpaired) electrons. The molecule has 14 nitrogen and oxygen atoms in total. The van der Waals surface area contributed by atoms with Crippen molar-refractivity contribution in [3.63, 3.8) is 0 Å². The van der Waals surface area contributed by atoms with Gasteiger partial charge in [0.2, 0.25) is 0 Å². The summed E-state index contributed by atoms with van der Waals surface area (Å²) in [5, 5.41) is 8.88. The summed E-state index contributed by atoms with van der Waals surface area (Å²) in [7, 11) is 0. The van der Waals surface area contributed by atoms with Gasteiger partial charge >= 0.3 is 11.9 Å². The maximum absolute atomic E-state index is 12.9. The number of esters is 2. The number of pyridine rings is 2. The van der Waals surface area contributed by atoms with E-state index in [1.54, 1.807) is 22.7 Å². The average Bonchev–Trinajstić information content (AvgIpc) is 3.08. The second-order valence-electron chi connectivity index (χ2n) is 24.1. The fourth-order valence-electron chi connectivity index (χ4n) is 12.6. The maximum Gasteiger partial charge on any atom is 0.307 e. The molecule has 0 saturated carbocycles. The standard InChI is InChI=1S/C72H92N6O8S2/c79-69-35-31-57-29-33-59(83-49-19-17-39-73-41-45-75(46-42-73)63-23-21-25-67-61(63)37-51-87-67)53-65(57)77(69)55-85-71(81)27-15-13-11-9-7-5-3-1-2-4-6-8-10-12-14-16-28-72(82)86-56-78-66-54-60(34-30-58(66)32-36-70(78)80)84-50-20-18-40-74-43-47-76(48-44-74)64-24-22-26-68-62(64)38-52-88-68/h21-26,29-38,51-54H,1-20,27-28,39-50,55-56H2. The van der Waals surface area contributed by atoms with Gasteiger partial charge in [-0.05, 0) is 146 Å². The zero-order chi connectivity index (χ0) is 60.5. The molecule has 10 rings (SSSR count). The van der Waals surface area contributed by atoms with Crippen LogP contribution in [0.1, 0.15) is 141 Å². The minimum Gasteiger partial charge on any atom is -0.494 e. The molecule has 2 aliphatic rings. The summed E-state index contributed by atoms with van der Waals surface area (Å²) < 4.78 is 29.3. The van der Waals surface area contributed by atoms with Crippen molar-refractivity contribution in [1.82, 2.24) is 18.9 Å². The monoisotopic (exact) mass is 1230 g/mol. The number of unbranched alkanes of at least 4 members (excludes halogenated alkanes) is 17. The van der Waals surface area contributed by atoms with Gasteiger partial charge in [-0.3, -0.25) is 38.1 Å². The first-order chi connectivity index (χ1) is 43.3. The summed E-state index contributed by atoms with van der Waals surface area (Å²) >= 11 is 3.61. The first-order valence-corrected chi connectivity index (χ1v) is 34.8. The lowest BCUT2D eigenvalue weighted by molar-refractivity contribution is -0.148. The van der Waals surface area contributed by atoms with Crippen LogP contribution in [0.15, 0.2) is 130 Å². The van der Waals surface area contributed by atoms with Crippen LogP contribution in [0.5, 0.6) is 11.5 Å². The Bertz CT molecular complexity index is 3350. The Balaban J connectivity index is 0.496. The zero-order valence-electron chi connectivity index (χ0n) is 51.8. The molecule has 0 aliphatic carbocycles. The first kappa shape index (κ1) is 64.3. The SMILES string of the molecule is O=C(CCCCCCCCCCCCCCCCCCC(=O)OCn1c(=O)ccc2ccc(OCCCCN3CCN(c4cccc5sccc45)CC3)cc21)OCn1c(=O)ccc2ccc(OCCCCN3CCN(c4cccc5sccc45)CC3)cc21. The fourth-order valence-corrected chi connectivity index (χ4v) is 14.2. The van der Waals surface area contributed by atoms with Crippen molar-refractivity contribution < 1.29 is 28.5 Å². The third kappa shape index (κ3) is 18.9. The van der Waals surface area contributed by atoms with Crippen LogP contribution in [-0.2, 0) is 32.5 Å². The minimum absolute atomic E-state index is 0.108. The predicted octanol–water partition coefficient (Wildman–Crippen LogP) is 15.4. The third-order valence-electron chi connectivity index (χ3n) is 17.8. The molecule has 470 valence electrons. The zero-order valence-corrected chi connectivity index (χ0v) is 53.4. The molecule has 4 aromatic carbocycles. The van der Waals surface area contributed by atoms with E-state index >= 15 is 0 Å². The van der Waals surface area contributed by atoms with Gasteiger partial charge in [0, 0.05) is 121 Å². The van der Waals surface area contributed by atoms with E-state index in [4.69, 9.17) is 18.9 Å². The molecule has 2 fully saturated rings.